The average Bonchev–Trinajstić information content (AvgIpc) is 3.14. The van der Waals surface area contributed by atoms with E-state index in [1.807, 2.05) is 24.5 Å². The number of hydrogen-bond donors (Lipinski definition) is 2. The molecule has 0 unspecified atom stereocenters. The SMILES string of the molecule is Cc1ccc(-c2cn3cccnc3n2)cc1NC(=O)Nc1ccc(Cl)c(C(F)(F)F)c1. The van der Waals surface area contributed by atoms with Gasteiger partial charge < -0.3 is 10.6 Å². The minimum Gasteiger partial charge on any atom is -0.308 e. The summed E-state index contributed by atoms with van der Waals surface area (Å²) in [4.78, 5) is 21.0. The van der Waals surface area contributed by atoms with Crippen LogP contribution in [-0.4, -0.2) is 20.4 Å². The van der Waals surface area contributed by atoms with E-state index in [1.54, 1.807) is 29.7 Å². The Balaban J connectivity index is 1.55. The van der Waals surface area contributed by atoms with Crippen molar-refractivity contribution in [3.8, 4) is 11.3 Å². The molecular formula is C21H15ClF3N5O. The maximum atomic E-state index is 13.0. The van der Waals surface area contributed by atoms with Crippen molar-refractivity contribution in [1.29, 1.82) is 0 Å². The van der Waals surface area contributed by atoms with Crippen molar-refractivity contribution < 1.29 is 18.0 Å². The van der Waals surface area contributed by atoms with Crippen LogP contribution in [0.4, 0.5) is 29.3 Å². The van der Waals surface area contributed by atoms with E-state index in [0.717, 1.165) is 23.3 Å². The van der Waals surface area contributed by atoms with Gasteiger partial charge >= 0.3 is 12.2 Å². The first-order valence-corrected chi connectivity index (χ1v) is 9.44. The van der Waals surface area contributed by atoms with Crippen molar-refractivity contribution in [2.24, 2.45) is 0 Å². The molecule has 0 aliphatic rings. The Hall–Kier alpha value is -3.59. The van der Waals surface area contributed by atoms with Gasteiger partial charge in [0.05, 0.1) is 16.3 Å². The number of amides is 2. The van der Waals surface area contributed by atoms with Crippen molar-refractivity contribution in [3.05, 3.63) is 77.2 Å². The lowest BCUT2D eigenvalue weighted by molar-refractivity contribution is -0.137. The highest BCUT2D eigenvalue weighted by Gasteiger charge is 2.33. The third kappa shape index (κ3) is 4.46. The highest BCUT2D eigenvalue weighted by Crippen LogP contribution is 2.36. The molecule has 2 amide bonds. The standard InChI is InChI=1S/C21H15ClF3N5O/c1-12-3-4-13(18-11-30-8-2-7-26-19(30)28-18)9-17(12)29-20(31)27-14-5-6-16(22)15(10-14)21(23,24)25/h2-11H,1H3,(H2,27,29,31). The number of imidazole rings is 1. The predicted octanol–water partition coefficient (Wildman–Crippen LogP) is 6.02. The topological polar surface area (TPSA) is 71.3 Å². The Morgan fingerprint density at radius 2 is 1.94 bits per heavy atom. The number of hydrogen-bond acceptors (Lipinski definition) is 3. The summed E-state index contributed by atoms with van der Waals surface area (Å²) in [6.07, 6.45) is 0.642. The van der Waals surface area contributed by atoms with Crippen LogP contribution in [0.25, 0.3) is 17.0 Å². The molecule has 0 atom stereocenters. The summed E-state index contributed by atoms with van der Waals surface area (Å²) in [6.45, 7) is 1.80. The van der Waals surface area contributed by atoms with Gasteiger partial charge in [-0.15, -0.1) is 0 Å². The number of alkyl halides is 3. The monoisotopic (exact) mass is 445 g/mol. The molecule has 0 saturated carbocycles. The van der Waals surface area contributed by atoms with E-state index >= 15 is 0 Å². The largest absolute Gasteiger partial charge is 0.417 e. The molecule has 0 aliphatic heterocycles. The minimum absolute atomic E-state index is 0.0329. The molecule has 2 heterocycles. The molecule has 0 bridgehead atoms. The number of carbonyl (C=O) groups excluding carboxylic acids is 1. The predicted molar refractivity (Wildman–Crippen MR) is 112 cm³/mol. The van der Waals surface area contributed by atoms with Gasteiger partial charge in [-0.3, -0.25) is 4.40 Å². The normalized spacial score (nSPS) is 11.5. The second kappa shape index (κ2) is 7.92. The Bertz CT molecular complexity index is 1250. The molecule has 0 fully saturated rings. The quantitative estimate of drug-likeness (QED) is 0.405. The smallest absolute Gasteiger partial charge is 0.308 e. The van der Waals surface area contributed by atoms with Gasteiger partial charge in [0.1, 0.15) is 0 Å². The first kappa shape index (κ1) is 20.7. The van der Waals surface area contributed by atoms with E-state index in [0.29, 0.717) is 17.2 Å². The summed E-state index contributed by atoms with van der Waals surface area (Å²) in [7, 11) is 0. The van der Waals surface area contributed by atoms with Gasteiger partial charge in [-0.1, -0.05) is 23.7 Å². The lowest BCUT2D eigenvalue weighted by Crippen LogP contribution is -2.20. The van der Waals surface area contributed by atoms with Crippen molar-refractivity contribution in [2.75, 3.05) is 10.6 Å². The molecule has 0 aliphatic carbocycles. The molecule has 0 saturated heterocycles. The van der Waals surface area contributed by atoms with Crippen LogP contribution >= 0.6 is 11.6 Å². The third-order valence-corrected chi connectivity index (χ3v) is 4.88. The summed E-state index contributed by atoms with van der Waals surface area (Å²) in [5.74, 6) is 0.536. The number of aromatic nitrogens is 3. The van der Waals surface area contributed by atoms with Crippen LogP contribution in [0, 0.1) is 6.92 Å². The second-order valence-electron chi connectivity index (χ2n) is 6.75. The summed E-state index contributed by atoms with van der Waals surface area (Å²) in [5.41, 5.74) is 1.62. The molecule has 2 aromatic heterocycles. The number of halogens is 4. The summed E-state index contributed by atoms with van der Waals surface area (Å²) in [5, 5.41) is 4.62. The third-order valence-electron chi connectivity index (χ3n) is 4.55. The lowest BCUT2D eigenvalue weighted by atomic mass is 10.1. The summed E-state index contributed by atoms with van der Waals surface area (Å²) in [6, 6.07) is 9.67. The molecule has 6 nitrogen and oxygen atoms in total. The first-order valence-electron chi connectivity index (χ1n) is 9.06. The van der Waals surface area contributed by atoms with Gasteiger partial charge in [0.15, 0.2) is 0 Å². The Labute approximate surface area is 179 Å². The number of urea groups is 1. The van der Waals surface area contributed by atoms with Crippen molar-refractivity contribution in [1.82, 2.24) is 14.4 Å². The van der Waals surface area contributed by atoms with Crippen LogP contribution in [0.15, 0.2) is 61.1 Å². The van der Waals surface area contributed by atoms with Crippen molar-refractivity contribution in [2.45, 2.75) is 13.1 Å². The van der Waals surface area contributed by atoms with Gasteiger partial charge in [0.2, 0.25) is 5.78 Å². The van der Waals surface area contributed by atoms with E-state index in [-0.39, 0.29) is 5.69 Å². The Morgan fingerprint density at radius 3 is 2.68 bits per heavy atom. The van der Waals surface area contributed by atoms with E-state index < -0.39 is 22.8 Å². The number of rotatable bonds is 3. The maximum absolute atomic E-state index is 13.0. The summed E-state index contributed by atoms with van der Waals surface area (Å²) < 4.78 is 40.8. The molecule has 2 aromatic carbocycles. The zero-order chi connectivity index (χ0) is 22.2. The van der Waals surface area contributed by atoms with Crippen molar-refractivity contribution >= 4 is 34.8 Å². The number of carbonyl (C=O) groups is 1. The van der Waals surface area contributed by atoms with E-state index in [1.165, 1.54) is 6.07 Å². The average molecular weight is 446 g/mol. The fraction of sp³-hybridized carbons (Fsp3) is 0.0952. The molecule has 0 spiro atoms. The van der Waals surface area contributed by atoms with E-state index in [9.17, 15) is 18.0 Å². The first-order chi connectivity index (χ1) is 14.7. The zero-order valence-electron chi connectivity index (χ0n) is 16.0. The molecular weight excluding hydrogens is 431 g/mol. The maximum Gasteiger partial charge on any atom is 0.417 e. The molecule has 4 aromatic rings. The highest BCUT2D eigenvalue weighted by molar-refractivity contribution is 6.31. The van der Waals surface area contributed by atoms with Crippen LogP contribution in [0.5, 0.6) is 0 Å². The van der Waals surface area contributed by atoms with Crippen LogP contribution < -0.4 is 10.6 Å². The Morgan fingerprint density at radius 1 is 1.13 bits per heavy atom. The number of aryl methyl sites for hydroxylation is 1. The Kier molecular flexibility index (Phi) is 5.28. The number of anilines is 2. The number of nitrogens with one attached hydrogen (secondary N) is 2. The molecule has 0 radical (unpaired) electrons. The number of benzene rings is 2. The number of nitrogens with zero attached hydrogens (tertiary/aromatic N) is 3. The molecule has 31 heavy (non-hydrogen) atoms. The fourth-order valence-electron chi connectivity index (χ4n) is 2.99. The molecule has 10 heteroatoms. The molecule has 2 N–H and O–H groups in total. The summed E-state index contributed by atoms with van der Waals surface area (Å²) >= 11 is 5.61. The van der Waals surface area contributed by atoms with Crippen LogP contribution in [0.1, 0.15) is 11.1 Å². The van der Waals surface area contributed by atoms with Crippen LogP contribution in [0.3, 0.4) is 0 Å². The van der Waals surface area contributed by atoms with E-state index in [2.05, 4.69) is 20.6 Å². The van der Waals surface area contributed by atoms with Gasteiger partial charge in [-0.05, 0) is 42.8 Å². The van der Waals surface area contributed by atoms with Gasteiger partial charge in [0.25, 0.3) is 0 Å². The van der Waals surface area contributed by atoms with Crippen LogP contribution in [-0.2, 0) is 6.18 Å². The zero-order valence-corrected chi connectivity index (χ0v) is 16.8. The van der Waals surface area contributed by atoms with Gasteiger partial charge in [-0.25, -0.2) is 14.8 Å². The molecule has 4 rings (SSSR count). The highest BCUT2D eigenvalue weighted by atomic mass is 35.5. The lowest BCUT2D eigenvalue weighted by Gasteiger charge is -2.13. The minimum atomic E-state index is -4.63. The van der Waals surface area contributed by atoms with Crippen molar-refractivity contribution in [3.63, 3.8) is 0 Å². The van der Waals surface area contributed by atoms with E-state index in [4.69, 9.17) is 11.6 Å². The molecule has 158 valence electrons. The van der Waals surface area contributed by atoms with Gasteiger partial charge in [-0.2, -0.15) is 13.2 Å². The van der Waals surface area contributed by atoms with Crippen LogP contribution in [0.2, 0.25) is 5.02 Å². The fourth-order valence-corrected chi connectivity index (χ4v) is 3.21. The van der Waals surface area contributed by atoms with Gasteiger partial charge in [0, 0.05) is 35.5 Å². The number of fused-ring (bicyclic) bond motifs is 1. The second-order valence-corrected chi connectivity index (χ2v) is 7.16.